The highest BCUT2D eigenvalue weighted by atomic mass is 19.2. The fourth-order valence-corrected chi connectivity index (χ4v) is 3.10. The van der Waals surface area contributed by atoms with E-state index in [9.17, 15) is 18.0 Å². The van der Waals surface area contributed by atoms with E-state index in [1.54, 1.807) is 0 Å². The average Bonchev–Trinajstić information content (AvgIpc) is 2.89. The number of halogens is 3. The molecule has 0 saturated heterocycles. The summed E-state index contributed by atoms with van der Waals surface area (Å²) in [6, 6.07) is 1.74. The Morgan fingerprint density at radius 3 is 2.58 bits per heavy atom. The average molecular weight is 337 g/mol. The minimum Gasteiger partial charge on any atom is -0.334 e. The minimum absolute atomic E-state index is 0.229. The van der Waals surface area contributed by atoms with Crippen LogP contribution in [0.15, 0.2) is 12.1 Å². The first-order valence-electron chi connectivity index (χ1n) is 7.78. The molecule has 2 heterocycles. The molecular weight excluding hydrogens is 319 g/mol. The van der Waals surface area contributed by atoms with Crippen LogP contribution in [0.2, 0.25) is 0 Å². The van der Waals surface area contributed by atoms with Crippen LogP contribution in [0.4, 0.5) is 13.2 Å². The molecule has 0 atom stereocenters. The molecule has 4 nitrogen and oxygen atoms in total. The summed E-state index contributed by atoms with van der Waals surface area (Å²) >= 11 is 0. The third-order valence-electron chi connectivity index (χ3n) is 4.36. The van der Waals surface area contributed by atoms with Gasteiger partial charge in [-0.25, -0.2) is 18.2 Å². The van der Waals surface area contributed by atoms with Gasteiger partial charge in [-0.1, -0.05) is 13.8 Å². The monoisotopic (exact) mass is 337 g/mol. The van der Waals surface area contributed by atoms with Crippen molar-refractivity contribution in [2.45, 2.75) is 32.7 Å². The van der Waals surface area contributed by atoms with Crippen LogP contribution < -0.4 is 0 Å². The highest BCUT2D eigenvalue weighted by Gasteiger charge is 2.29. The summed E-state index contributed by atoms with van der Waals surface area (Å²) in [6.07, 6.45) is 0.586. The Balaban J connectivity index is 1.89. The summed E-state index contributed by atoms with van der Waals surface area (Å²) in [7, 11) is 1.94. The molecule has 7 heteroatoms. The smallest absolute Gasteiger partial charge is 0.257 e. The molecule has 24 heavy (non-hydrogen) atoms. The van der Waals surface area contributed by atoms with E-state index in [0.29, 0.717) is 13.0 Å². The molecule has 0 radical (unpaired) electrons. The molecule has 128 valence electrons. The molecule has 0 bridgehead atoms. The number of hydrogen-bond donors (Lipinski definition) is 0. The molecule has 0 spiro atoms. The van der Waals surface area contributed by atoms with Crippen molar-refractivity contribution in [1.29, 1.82) is 0 Å². The van der Waals surface area contributed by atoms with Gasteiger partial charge in [-0.3, -0.25) is 4.79 Å². The summed E-state index contributed by atoms with van der Waals surface area (Å²) in [5.41, 5.74) is 1.36. The minimum atomic E-state index is -1.63. The lowest BCUT2D eigenvalue weighted by Crippen LogP contribution is -2.37. The predicted octanol–water partition coefficient (Wildman–Crippen LogP) is 3.16. The van der Waals surface area contributed by atoms with E-state index in [1.807, 2.05) is 25.5 Å². The van der Waals surface area contributed by atoms with Crippen LogP contribution in [0.3, 0.4) is 0 Å². The van der Waals surface area contributed by atoms with Gasteiger partial charge in [0, 0.05) is 31.6 Å². The van der Waals surface area contributed by atoms with Crippen LogP contribution in [0.1, 0.15) is 47.3 Å². The number of rotatable bonds is 2. The molecule has 0 saturated carbocycles. The van der Waals surface area contributed by atoms with Crippen LogP contribution in [-0.4, -0.2) is 26.9 Å². The summed E-state index contributed by atoms with van der Waals surface area (Å²) in [5.74, 6) is -3.88. The summed E-state index contributed by atoms with van der Waals surface area (Å²) < 4.78 is 42.3. The van der Waals surface area contributed by atoms with Gasteiger partial charge in [-0.2, -0.15) is 0 Å². The van der Waals surface area contributed by atoms with E-state index in [2.05, 4.69) is 4.98 Å². The number of amides is 1. The van der Waals surface area contributed by atoms with Gasteiger partial charge in [-0.05, 0) is 12.1 Å². The molecule has 0 fully saturated rings. The number of hydrogen-bond acceptors (Lipinski definition) is 2. The molecular formula is C17H18F3N3O. The molecule has 0 aliphatic carbocycles. The van der Waals surface area contributed by atoms with Gasteiger partial charge in [-0.15, -0.1) is 0 Å². The van der Waals surface area contributed by atoms with E-state index in [1.165, 1.54) is 4.90 Å². The molecule has 1 aliphatic rings. The zero-order valence-electron chi connectivity index (χ0n) is 13.7. The molecule has 1 aromatic heterocycles. The molecule has 1 amide bonds. The maximum Gasteiger partial charge on any atom is 0.257 e. The van der Waals surface area contributed by atoms with Crippen LogP contribution >= 0.6 is 0 Å². The lowest BCUT2D eigenvalue weighted by molar-refractivity contribution is 0.0725. The first-order valence-corrected chi connectivity index (χ1v) is 7.78. The molecule has 3 rings (SSSR count). The van der Waals surface area contributed by atoms with Crippen molar-refractivity contribution in [3.05, 3.63) is 52.4 Å². The molecule has 0 unspecified atom stereocenters. The zero-order chi connectivity index (χ0) is 17.6. The van der Waals surface area contributed by atoms with Crippen LogP contribution in [0.5, 0.6) is 0 Å². The van der Waals surface area contributed by atoms with E-state index >= 15 is 0 Å². The van der Waals surface area contributed by atoms with Crippen molar-refractivity contribution in [2.24, 2.45) is 7.05 Å². The lowest BCUT2D eigenvalue weighted by atomic mass is 10.1. The van der Waals surface area contributed by atoms with Gasteiger partial charge in [0.2, 0.25) is 0 Å². The Hall–Kier alpha value is -2.31. The van der Waals surface area contributed by atoms with Gasteiger partial charge >= 0.3 is 0 Å². The number of aromatic nitrogens is 2. The quantitative estimate of drug-likeness (QED) is 0.790. The maximum atomic E-state index is 13.9. The Labute approximate surface area is 137 Å². The summed E-state index contributed by atoms with van der Waals surface area (Å²) in [6.45, 7) is 4.68. The largest absolute Gasteiger partial charge is 0.334 e. The summed E-state index contributed by atoms with van der Waals surface area (Å²) in [4.78, 5) is 18.5. The fourth-order valence-electron chi connectivity index (χ4n) is 3.10. The second kappa shape index (κ2) is 5.96. The van der Waals surface area contributed by atoms with E-state index in [-0.39, 0.29) is 12.5 Å². The van der Waals surface area contributed by atoms with Crippen LogP contribution in [0.25, 0.3) is 0 Å². The van der Waals surface area contributed by atoms with E-state index in [0.717, 1.165) is 29.3 Å². The van der Waals surface area contributed by atoms with Crippen molar-refractivity contribution in [1.82, 2.24) is 14.5 Å². The number of imidazole rings is 1. The first-order chi connectivity index (χ1) is 11.3. The molecule has 1 aromatic carbocycles. The van der Waals surface area contributed by atoms with E-state index in [4.69, 9.17) is 0 Å². The Kier molecular flexibility index (Phi) is 4.11. The highest BCUT2D eigenvalue weighted by molar-refractivity contribution is 5.94. The van der Waals surface area contributed by atoms with Crippen molar-refractivity contribution >= 4 is 5.91 Å². The van der Waals surface area contributed by atoms with Crippen molar-refractivity contribution in [3.63, 3.8) is 0 Å². The third kappa shape index (κ3) is 2.57. The lowest BCUT2D eigenvalue weighted by Gasteiger charge is -2.27. The van der Waals surface area contributed by atoms with Crippen molar-refractivity contribution < 1.29 is 18.0 Å². The zero-order valence-corrected chi connectivity index (χ0v) is 13.7. The van der Waals surface area contributed by atoms with Crippen molar-refractivity contribution in [3.8, 4) is 0 Å². The fraction of sp³-hybridized carbons (Fsp3) is 0.412. The first kappa shape index (κ1) is 16.5. The number of nitrogens with zero attached hydrogens (tertiary/aromatic N) is 3. The maximum absolute atomic E-state index is 13.9. The normalized spacial score (nSPS) is 14.2. The number of fused-ring (bicyclic) bond motifs is 1. The van der Waals surface area contributed by atoms with E-state index < -0.39 is 28.9 Å². The third-order valence-corrected chi connectivity index (χ3v) is 4.36. The SMILES string of the molecule is CC(C)c1nc2c(n1C)CCN(C(=O)c1ccc(F)c(F)c1F)C2. The summed E-state index contributed by atoms with van der Waals surface area (Å²) in [5, 5.41) is 0. The van der Waals surface area contributed by atoms with Crippen LogP contribution in [-0.2, 0) is 20.0 Å². The molecule has 2 aromatic rings. The Bertz CT molecular complexity index is 814. The number of carbonyl (C=O) groups is 1. The standard InChI is InChI=1S/C17H18F3N3O/c1-9(2)16-21-12-8-23(7-6-13(12)22(16)3)17(24)10-4-5-11(18)15(20)14(10)19/h4-5,9H,6-8H2,1-3H3. The Morgan fingerprint density at radius 1 is 1.21 bits per heavy atom. The van der Waals surface area contributed by atoms with Gasteiger partial charge in [0.1, 0.15) is 5.82 Å². The number of benzene rings is 1. The molecule has 0 N–H and O–H groups in total. The number of carbonyl (C=O) groups excluding carboxylic acids is 1. The van der Waals surface area contributed by atoms with Gasteiger partial charge in [0.05, 0.1) is 17.8 Å². The van der Waals surface area contributed by atoms with Gasteiger partial charge < -0.3 is 9.47 Å². The second-order valence-electron chi connectivity index (χ2n) is 6.28. The highest BCUT2D eigenvalue weighted by Crippen LogP contribution is 2.25. The van der Waals surface area contributed by atoms with Gasteiger partial charge in [0.15, 0.2) is 17.5 Å². The van der Waals surface area contributed by atoms with Gasteiger partial charge in [0.25, 0.3) is 5.91 Å². The van der Waals surface area contributed by atoms with Crippen molar-refractivity contribution in [2.75, 3.05) is 6.54 Å². The molecule has 1 aliphatic heterocycles. The topological polar surface area (TPSA) is 38.1 Å². The second-order valence-corrected chi connectivity index (χ2v) is 6.28. The Morgan fingerprint density at radius 2 is 1.92 bits per heavy atom. The predicted molar refractivity (Wildman–Crippen MR) is 82.1 cm³/mol. The van der Waals surface area contributed by atoms with Crippen LogP contribution in [0, 0.1) is 17.5 Å².